The van der Waals surface area contributed by atoms with Crippen LogP contribution in [0.5, 0.6) is 0 Å². The third-order valence-corrected chi connectivity index (χ3v) is 10.0. The molecule has 7 heteroatoms. The van der Waals surface area contributed by atoms with Gasteiger partial charge in [-0.3, -0.25) is 19.1 Å². The number of anilines is 3. The lowest BCUT2D eigenvalue weighted by Crippen LogP contribution is -2.60. The van der Waals surface area contributed by atoms with Gasteiger partial charge in [-0.05, 0) is 71.0 Å². The van der Waals surface area contributed by atoms with Crippen molar-refractivity contribution in [2.45, 2.75) is 0 Å². The van der Waals surface area contributed by atoms with E-state index < -0.39 is 0 Å². The van der Waals surface area contributed by atoms with Gasteiger partial charge >= 0.3 is 0 Å². The van der Waals surface area contributed by atoms with Crippen LogP contribution in [0, 0.1) is 0 Å². The Bertz CT molecular complexity index is 2730. The highest BCUT2D eigenvalue weighted by Gasteiger charge is 2.43. The molecule has 0 amide bonds. The zero-order valence-corrected chi connectivity index (χ0v) is 25.7. The summed E-state index contributed by atoms with van der Waals surface area (Å²) in [4.78, 5) is 17.2. The van der Waals surface area contributed by atoms with Crippen LogP contribution in [-0.2, 0) is 0 Å². The molecule has 0 atom stereocenters. The summed E-state index contributed by atoms with van der Waals surface area (Å²) >= 11 is 0. The van der Waals surface area contributed by atoms with E-state index in [2.05, 4.69) is 141 Å². The SMILES string of the molecule is c1ccc(N2c3ccccc3B3c4c2cc(-c2ccccn2)cc4-n2c4c3cccc4c3c4nccnc4n(-c4ccccc4)c32)cc1. The van der Waals surface area contributed by atoms with Crippen molar-refractivity contribution < 1.29 is 0 Å². The van der Waals surface area contributed by atoms with Crippen LogP contribution < -0.4 is 21.3 Å². The monoisotopic (exact) mass is 612 g/mol. The van der Waals surface area contributed by atoms with Gasteiger partial charge in [0.2, 0.25) is 0 Å². The van der Waals surface area contributed by atoms with Crippen molar-refractivity contribution in [3.63, 3.8) is 0 Å². The molecule has 0 spiro atoms. The van der Waals surface area contributed by atoms with E-state index in [1.165, 1.54) is 33.0 Å². The molecule has 9 aromatic rings. The van der Waals surface area contributed by atoms with Gasteiger partial charge in [-0.25, -0.2) is 4.98 Å². The number of aromatic nitrogens is 5. The zero-order chi connectivity index (χ0) is 31.3. The predicted molar refractivity (Wildman–Crippen MR) is 196 cm³/mol. The van der Waals surface area contributed by atoms with E-state index in [-0.39, 0.29) is 6.71 Å². The molecule has 2 aliphatic heterocycles. The lowest BCUT2D eigenvalue weighted by atomic mass is 9.33. The number of hydrogen-bond donors (Lipinski definition) is 0. The first kappa shape index (κ1) is 25.7. The third kappa shape index (κ3) is 3.29. The molecule has 6 nitrogen and oxygen atoms in total. The number of rotatable bonds is 3. The maximum absolute atomic E-state index is 4.97. The van der Waals surface area contributed by atoms with Crippen molar-refractivity contribution in [3.8, 4) is 22.6 Å². The second-order valence-corrected chi connectivity index (χ2v) is 12.5. The number of pyridine rings is 1. The third-order valence-electron chi connectivity index (χ3n) is 10.0. The molecule has 0 saturated heterocycles. The Morgan fingerprint density at radius 1 is 0.521 bits per heavy atom. The molecule has 11 rings (SSSR count). The van der Waals surface area contributed by atoms with Gasteiger partial charge < -0.3 is 4.90 Å². The maximum Gasteiger partial charge on any atom is 0.252 e. The second kappa shape index (κ2) is 9.53. The summed E-state index contributed by atoms with van der Waals surface area (Å²) < 4.78 is 4.77. The Morgan fingerprint density at radius 2 is 1.25 bits per heavy atom. The van der Waals surface area contributed by atoms with E-state index in [1.54, 1.807) is 12.4 Å². The van der Waals surface area contributed by atoms with Gasteiger partial charge in [0.1, 0.15) is 11.2 Å². The van der Waals surface area contributed by atoms with Crippen molar-refractivity contribution in [1.29, 1.82) is 0 Å². The largest absolute Gasteiger partial charge is 0.311 e. The molecule has 222 valence electrons. The summed E-state index contributed by atoms with van der Waals surface area (Å²) in [6.07, 6.45) is 5.47. The van der Waals surface area contributed by atoms with E-state index in [9.17, 15) is 0 Å². The van der Waals surface area contributed by atoms with Crippen LogP contribution in [0.4, 0.5) is 17.1 Å². The summed E-state index contributed by atoms with van der Waals surface area (Å²) in [7, 11) is 0. The van der Waals surface area contributed by atoms with Crippen molar-refractivity contribution in [3.05, 3.63) is 152 Å². The smallest absolute Gasteiger partial charge is 0.252 e. The Morgan fingerprint density at radius 3 is 2.08 bits per heavy atom. The summed E-state index contributed by atoms with van der Waals surface area (Å²) in [5.74, 6) is 0. The minimum absolute atomic E-state index is 0.0432. The van der Waals surface area contributed by atoms with E-state index in [0.29, 0.717) is 0 Å². The maximum atomic E-state index is 4.97. The molecule has 0 fully saturated rings. The lowest BCUT2D eigenvalue weighted by Gasteiger charge is -2.40. The first-order valence-corrected chi connectivity index (χ1v) is 16.2. The van der Waals surface area contributed by atoms with Crippen LogP contribution in [0.3, 0.4) is 0 Å². The van der Waals surface area contributed by atoms with Crippen LogP contribution in [0.1, 0.15) is 0 Å². The molecule has 6 heterocycles. The first-order valence-electron chi connectivity index (χ1n) is 16.2. The highest BCUT2D eigenvalue weighted by Crippen LogP contribution is 2.45. The van der Waals surface area contributed by atoms with Crippen molar-refractivity contribution in [1.82, 2.24) is 24.1 Å². The van der Waals surface area contributed by atoms with Gasteiger partial charge in [-0.15, -0.1) is 0 Å². The summed E-state index contributed by atoms with van der Waals surface area (Å²) in [5, 5.41) is 2.30. The minimum atomic E-state index is 0.0432. The van der Waals surface area contributed by atoms with Crippen LogP contribution in [0.2, 0.25) is 0 Å². The van der Waals surface area contributed by atoms with Gasteiger partial charge in [0.05, 0.1) is 16.6 Å². The van der Waals surface area contributed by atoms with Gasteiger partial charge in [0, 0.05) is 58.0 Å². The van der Waals surface area contributed by atoms with Crippen LogP contribution >= 0.6 is 0 Å². The van der Waals surface area contributed by atoms with Gasteiger partial charge in [-0.2, -0.15) is 0 Å². The Kier molecular flexibility index (Phi) is 5.10. The van der Waals surface area contributed by atoms with Crippen molar-refractivity contribution >= 4 is 73.3 Å². The molecule has 0 bridgehead atoms. The highest BCUT2D eigenvalue weighted by molar-refractivity contribution is 7.00. The number of fused-ring (bicyclic) bond motifs is 9. The second-order valence-electron chi connectivity index (χ2n) is 12.5. The zero-order valence-electron chi connectivity index (χ0n) is 25.7. The number of nitrogens with zero attached hydrogens (tertiary/aromatic N) is 6. The molecule has 0 radical (unpaired) electrons. The lowest BCUT2D eigenvalue weighted by molar-refractivity contribution is 1.05. The Balaban J connectivity index is 1.38. The van der Waals surface area contributed by atoms with Crippen molar-refractivity contribution in [2.75, 3.05) is 4.90 Å². The Labute approximate surface area is 276 Å². The summed E-state index contributed by atoms with van der Waals surface area (Å²) in [5.41, 5.74) is 15.6. The average Bonchev–Trinajstić information content (AvgIpc) is 3.68. The summed E-state index contributed by atoms with van der Waals surface area (Å²) in [6.45, 7) is 0.0432. The molecule has 4 aromatic heterocycles. The standard InChI is InChI=1S/C41H25BN6/c1-3-12-27(13-4-1)46-33-20-8-7-17-30(33)42-31-18-11-16-29-36-38-40(45-23-22-44-38)47(28-14-5-2-6-15-28)41(36)48(39(29)31)35-25-26(24-34(46)37(35)42)32-19-9-10-21-43-32/h1-25H. The number of benzene rings is 5. The molecule has 0 aliphatic carbocycles. The van der Waals surface area contributed by atoms with Crippen molar-refractivity contribution in [2.24, 2.45) is 0 Å². The van der Waals surface area contributed by atoms with Crippen LogP contribution in [-0.4, -0.2) is 30.8 Å². The average molecular weight is 613 g/mol. The highest BCUT2D eigenvalue weighted by atomic mass is 15.2. The van der Waals surface area contributed by atoms with E-state index >= 15 is 0 Å². The quantitative estimate of drug-likeness (QED) is 0.198. The molecule has 0 unspecified atom stereocenters. The Hall–Kier alpha value is -6.47. The molecule has 5 aromatic carbocycles. The minimum Gasteiger partial charge on any atom is -0.311 e. The molecule has 48 heavy (non-hydrogen) atoms. The summed E-state index contributed by atoms with van der Waals surface area (Å²) in [6, 6.07) is 47.7. The fourth-order valence-corrected chi connectivity index (χ4v) is 8.23. The molecular weight excluding hydrogens is 587 g/mol. The van der Waals surface area contributed by atoms with E-state index in [1.807, 2.05) is 12.3 Å². The normalized spacial score (nSPS) is 12.9. The number of hydrogen-bond acceptors (Lipinski definition) is 4. The molecule has 2 aliphatic rings. The number of para-hydroxylation sites is 4. The fourth-order valence-electron chi connectivity index (χ4n) is 8.23. The molecule has 0 saturated carbocycles. The van der Waals surface area contributed by atoms with Gasteiger partial charge in [-0.1, -0.05) is 78.9 Å². The topological polar surface area (TPSA) is 51.8 Å². The molecular formula is C41H25BN6. The van der Waals surface area contributed by atoms with Gasteiger partial charge in [0.25, 0.3) is 6.71 Å². The van der Waals surface area contributed by atoms with Crippen LogP contribution in [0.15, 0.2) is 152 Å². The first-order chi connectivity index (χ1) is 23.9. The molecule has 0 N–H and O–H groups in total. The van der Waals surface area contributed by atoms with Gasteiger partial charge in [0.15, 0.2) is 5.65 Å². The fraction of sp³-hybridized carbons (Fsp3) is 0. The van der Waals surface area contributed by atoms with Crippen LogP contribution in [0.25, 0.3) is 55.7 Å². The predicted octanol–water partition coefficient (Wildman–Crippen LogP) is 7.19. The van der Waals surface area contributed by atoms with E-state index in [0.717, 1.165) is 56.2 Å². The van der Waals surface area contributed by atoms with E-state index in [4.69, 9.17) is 15.0 Å².